The molecule has 3 rings (SSSR count). The monoisotopic (exact) mass is 403 g/mol. The molecule has 0 spiro atoms. The summed E-state index contributed by atoms with van der Waals surface area (Å²) in [5, 5.41) is 8.84. The molecule has 0 aliphatic carbocycles. The minimum Gasteiger partial charge on any atom is -0.484 e. The SMILES string of the molecule is Cc1ccc(NC(=O)COc2ccc(CCNC(=O)C3CNC3)cc2)cc1.Cl. The molecule has 1 aliphatic rings. The van der Waals surface area contributed by atoms with E-state index in [-0.39, 0.29) is 36.7 Å². The van der Waals surface area contributed by atoms with Gasteiger partial charge in [-0.3, -0.25) is 9.59 Å². The fourth-order valence-electron chi connectivity index (χ4n) is 2.68. The fraction of sp³-hybridized carbons (Fsp3) is 0.333. The van der Waals surface area contributed by atoms with Crippen molar-refractivity contribution in [1.29, 1.82) is 0 Å². The van der Waals surface area contributed by atoms with Crippen molar-refractivity contribution in [2.24, 2.45) is 5.92 Å². The van der Waals surface area contributed by atoms with Gasteiger partial charge in [0.1, 0.15) is 5.75 Å². The summed E-state index contributed by atoms with van der Waals surface area (Å²) in [5.41, 5.74) is 3.01. The zero-order valence-electron chi connectivity index (χ0n) is 15.9. The van der Waals surface area contributed by atoms with Gasteiger partial charge in [-0.2, -0.15) is 0 Å². The molecule has 2 amide bonds. The van der Waals surface area contributed by atoms with Crippen LogP contribution in [0.2, 0.25) is 0 Å². The van der Waals surface area contributed by atoms with Gasteiger partial charge in [-0.25, -0.2) is 0 Å². The normalized spacial score (nSPS) is 13.0. The number of aryl methyl sites for hydroxylation is 1. The van der Waals surface area contributed by atoms with Crippen LogP contribution in [0, 0.1) is 12.8 Å². The maximum absolute atomic E-state index is 11.9. The van der Waals surface area contributed by atoms with Crippen molar-refractivity contribution in [1.82, 2.24) is 10.6 Å². The fourth-order valence-corrected chi connectivity index (χ4v) is 2.68. The van der Waals surface area contributed by atoms with Crippen LogP contribution in [-0.4, -0.2) is 38.1 Å². The molecule has 150 valence electrons. The number of nitrogens with one attached hydrogen (secondary N) is 3. The number of benzene rings is 2. The van der Waals surface area contributed by atoms with Gasteiger partial charge in [-0.1, -0.05) is 29.8 Å². The number of hydrogen-bond donors (Lipinski definition) is 3. The third-order valence-electron chi connectivity index (χ3n) is 4.49. The minimum absolute atomic E-state index is 0. The molecule has 28 heavy (non-hydrogen) atoms. The lowest BCUT2D eigenvalue weighted by Gasteiger charge is -2.25. The molecule has 1 fully saturated rings. The van der Waals surface area contributed by atoms with E-state index in [0.29, 0.717) is 12.3 Å². The molecule has 7 heteroatoms. The van der Waals surface area contributed by atoms with Crippen LogP contribution in [-0.2, 0) is 16.0 Å². The van der Waals surface area contributed by atoms with Crippen molar-refractivity contribution in [2.45, 2.75) is 13.3 Å². The Morgan fingerprint density at radius 3 is 2.36 bits per heavy atom. The predicted octanol–water partition coefficient (Wildman–Crippen LogP) is 2.31. The Kier molecular flexibility index (Phi) is 8.29. The third kappa shape index (κ3) is 6.55. The Labute approximate surface area is 171 Å². The molecule has 0 unspecified atom stereocenters. The van der Waals surface area contributed by atoms with Gasteiger partial charge in [0, 0.05) is 25.3 Å². The first-order chi connectivity index (χ1) is 13.1. The Morgan fingerprint density at radius 2 is 1.75 bits per heavy atom. The number of carbonyl (C=O) groups excluding carboxylic acids is 2. The number of halogens is 1. The summed E-state index contributed by atoms with van der Waals surface area (Å²) >= 11 is 0. The van der Waals surface area contributed by atoms with Gasteiger partial charge in [0.25, 0.3) is 5.91 Å². The second kappa shape index (κ2) is 10.7. The van der Waals surface area contributed by atoms with Crippen molar-refractivity contribution >= 4 is 29.9 Å². The van der Waals surface area contributed by atoms with Crippen LogP contribution in [0.3, 0.4) is 0 Å². The highest BCUT2D eigenvalue weighted by Crippen LogP contribution is 2.13. The van der Waals surface area contributed by atoms with Crippen molar-refractivity contribution in [3.8, 4) is 5.75 Å². The number of rotatable bonds is 8. The predicted molar refractivity (Wildman–Crippen MR) is 112 cm³/mol. The second-order valence-corrected chi connectivity index (χ2v) is 6.74. The van der Waals surface area contributed by atoms with Crippen LogP contribution < -0.4 is 20.7 Å². The second-order valence-electron chi connectivity index (χ2n) is 6.74. The van der Waals surface area contributed by atoms with Gasteiger partial charge in [0.05, 0.1) is 5.92 Å². The highest BCUT2D eigenvalue weighted by molar-refractivity contribution is 5.91. The highest BCUT2D eigenvalue weighted by Gasteiger charge is 2.24. The number of ether oxygens (including phenoxy) is 1. The Bertz CT molecular complexity index is 774. The first kappa shape index (κ1) is 21.7. The molecule has 0 atom stereocenters. The molecular weight excluding hydrogens is 378 g/mol. The number of hydrogen-bond acceptors (Lipinski definition) is 4. The molecule has 0 bridgehead atoms. The molecule has 1 heterocycles. The first-order valence-electron chi connectivity index (χ1n) is 9.17. The van der Waals surface area contributed by atoms with E-state index in [0.717, 1.165) is 36.3 Å². The van der Waals surface area contributed by atoms with Gasteiger partial charge in [-0.15, -0.1) is 12.4 Å². The van der Waals surface area contributed by atoms with E-state index in [1.165, 1.54) is 0 Å². The lowest BCUT2D eigenvalue weighted by atomic mass is 10.0. The molecule has 0 aromatic heterocycles. The maximum Gasteiger partial charge on any atom is 0.262 e. The molecule has 1 aliphatic heterocycles. The largest absolute Gasteiger partial charge is 0.484 e. The molecule has 2 aromatic carbocycles. The van der Waals surface area contributed by atoms with E-state index in [2.05, 4.69) is 16.0 Å². The van der Waals surface area contributed by atoms with E-state index >= 15 is 0 Å². The zero-order valence-corrected chi connectivity index (χ0v) is 16.7. The number of carbonyl (C=O) groups is 2. The molecular formula is C21H26ClN3O3. The van der Waals surface area contributed by atoms with E-state index in [9.17, 15) is 9.59 Å². The number of anilines is 1. The Balaban J connectivity index is 0.00000280. The van der Waals surface area contributed by atoms with Gasteiger partial charge in [0.15, 0.2) is 6.61 Å². The van der Waals surface area contributed by atoms with Crippen LogP contribution in [0.1, 0.15) is 11.1 Å². The van der Waals surface area contributed by atoms with Crippen LogP contribution in [0.5, 0.6) is 5.75 Å². The summed E-state index contributed by atoms with van der Waals surface area (Å²) in [7, 11) is 0. The topological polar surface area (TPSA) is 79.5 Å². The average molecular weight is 404 g/mol. The lowest BCUT2D eigenvalue weighted by molar-refractivity contribution is -0.126. The van der Waals surface area contributed by atoms with Crippen molar-refractivity contribution in [2.75, 3.05) is 31.6 Å². The van der Waals surface area contributed by atoms with Crippen molar-refractivity contribution in [3.05, 3.63) is 59.7 Å². The van der Waals surface area contributed by atoms with E-state index in [1.807, 2.05) is 55.5 Å². The summed E-state index contributed by atoms with van der Waals surface area (Å²) in [4.78, 5) is 23.7. The molecule has 0 radical (unpaired) electrons. The minimum atomic E-state index is -0.198. The van der Waals surface area contributed by atoms with Gasteiger partial charge < -0.3 is 20.7 Å². The van der Waals surface area contributed by atoms with E-state index in [4.69, 9.17) is 4.74 Å². The average Bonchev–Trinajstić information content (AvgIpc) is 2.61. The Morgan fingerprint density at radius 1 is 1.07 bits per heavy atom. The Hall–Kier alpha value is -2.57. The zero-order chi connectivity index (χ0) is 19.1. The summed E-state index contributed by atoms with van der Waals surface area (Å²) in [6, 6.07) is 15.2. The maximum atomic E-state index is 11.9. The summed E-state index contributed by atoms with van der Waals surface area (Å²) in [5.74, 6) is 0.679. The van der Waals surface area contributed by atoms with Gasteiger partial charge in [0.2, 0.25) is 5.91 Å². The molecule has 3 N–H and O–H groups in total. The van der Waals surface area contributed by atoms with Crippen LogP contribution in [0.25, 0.3) is 0 Å². The van der Waals surface area contributed by atoms with Gasteiger partial charge >= 0.3 is 0 Å². The molecule has 6 nitrogen and oxygen atoms in total. The van der Waals surface area contributed by atoms with Gasteiger partial charge in [-0.05, 0) is 43.2 Å². The van der Waals surface area contributed by atoms with E-state index < -0.39 is 0 Å². The van der Waals surface area contributed by atoms with Crippen LogP contribution in [0.4, 0.5) is 5.69 Å². The molecule has 0 saturated carbocycles. The highest BCUT2D eigenvalue weighted by atomic mass is 35.5. The standard InChI is InChI=1S/C21H25N3O3.ClH/c1-15-2-6-18(7-3-15)24-20(25)14-27-19-8-4-16(5-9-19)10-11-23-21(26)17-12-22-13-17;/h2-9,17,22H,10-14H2,1H3,(H,23,26)(H,24,25);1H. The summed E-state index contributed by atoms with van der Waals surface area (Å²) < 4.78 is 5.53. The first-order valence-corrected chi connectivity index (χ1v) is 9.17. The van der Waals surface area contributed by atoms with Crippen LogP contribution in [0.15, 0.2) is 48.5 Å². The molecule has 1 saturated heterocycles. The third-order valence-corrected chi connectivity index (χ3v) is 4.49. The van der Waals surface area contributed by atoms with Crippen molar-refractivity contribution < 1.29 is 14.3 Å². The lowest BCUT2D eigenvalue weighted by Crippen LogP contribution is -2.51. The van der Waals surface area contributed by atoms with E-state index in [1.54, 1.807) is 0 Å². The number of amides is 2. The molecule has 2 aromatic rings. The smallest absolute Gasteiger partial charge is 0.262 e. The van der Waals surface area contributed by atoms with Crippen LogP contribution >= 0.6 is 12.4 Å². The quantitative estimate of drug-likeness (QED) is 0.632. The summed E-state index contributed by atoms with van der Waals surface area (Å²) in [6.07, 6.45) is 0.764. The van der Waals surface area contributed by atoms with Crippen molar-refractivity contribution in [3.63, 3.8) is 0 Å². The summed E-state index contributed by atoms with van der Waals surface area (Å²) in [6.45, 7) is 4.12.